The summed E-state index contributed by atoms with van der Waals surface area (Å²) in [4.78, 5) is 14.1. The molecular formula is C15H22N2O5S. The van der Waals surface area contributed by atoms with Crippen molar-refractivity contribution in [3.05, 3.63) is 24.3 Å². The van der Waals surface area contributed by atoms with E-state index in [1.807, 2.05) is 6.92 Å². The number of amides is 1. The average molecular weight is 342 g/mol. The van der Waals surface area contributed by atoms with Gasteiger partial charge in [-0.05, 0) is 38.1 Å². The lowest BCUT2D eigenvalue weighted by atomic mass is 10.2. The van der Waals surface area contributed by atoms with Gasteiger partial charge in [0.1, 0.15) is 5.75 Å². The van der Waals surface area contributed by atoms with Gasteiger partial charge in [-0.15, -0.1) is 0 Å². The summed E-state index contributed by atoms with van der Waals surface area (Å²) in [6, 6.07) is 5.16. The lowest BCUT2D eigenvalue weighted by Crippen LogP contribution is -2.52. The summed E-state index contributed by atoms with van der Waals surface area (Å²) in [7, 11) is -2.26. The van der Waals surface area contributed by atoms with Gasteiger partial charge in [-0.2, -0.15) is 4.72 Å². The molecule has 0 radical (unpaired) electrons. The molecule has 2 rings (SSSR count). The second kappa shape index (κ2) is 7.29. The summed E-state index contributed by atoms with van der Waals surface area (Å²) in [5.74, 6) is 0.313. The van der Waals surface area contributed by atoms with E-state index < -0.39 is 16.1 Å². The zero-order valence-corrected chi connectivity index (χ0v) is 14.3. The minimum absolute atomic E-state index is 0.0434. The summed E-state index contributed by atoms with van der Waals surface area (Å²) in [5, 5.41) is 0. The third-order valence-electron chi connectivity index (χ3n) is 3.62. The monoisotopic (exact) mass is 342 g/mol. The molecule has 1 aliphatic rings. The second-order valence-corrected chi connectivity index (χ2v) is 7.20. The molecular weight excluding hydrogens is 320 g/mol. The topological polar surface area (TPSA) is 84.9 Å². The van der Waals surface area contributed by atoms with Gasteiger partial charge in [0.15, 0.2) is 0 Å². The largest absolute Gasteiger partial charge is 0.497 e. The number of benzene rings is 1. The molecule has 1 saturated heterocycles. The van der Waals surface area contributed by atoms with E-state index in [2.05, 4.69) is 4.72 Å². The van der Waals surface area contributed by atoms with E-state index in [1.54, 1.807) is 24.0 Å². The van der Waals surface area contributed by atoms with Crippen molar-refractivity contribution >= 4 is 15.9 Å². The molecule has 1 heterocycles. The highest BCUT2D eigenvalue weighted by molar-refractivity contribution is 7.89. The molecule has 0 bridgehead atoms. The first-order chi connectivity index (χ1) is 10.8. The summed E-state index contributed by atoms with van der Waals surface area (Å²) in [5.41, 5.74) is 0. The third kappa shape index (κ3) is 4.43. The molecule has 0 unspecified atom stereocenters. The predicted octanol–water partition coefficient (Wildman–Crippen LogP) is 0.609. The van der Waals surface area contributed by atoms with Gasteiger partial charge < -0.3 is 14.4 Å². The van der Waals surface area contributed by atoms with Crippen molar-refractivity contribution in [2.24, 2.45) is 0 Å². The van der Waals surface area contributed by atoms with Crippen molar-refractivity contribution in [1.82, 2.24) is 9.62 Å². The second-order valence-electron chi connectivity index (χ2n) is 5.48. The molecule has 1 aromatic rings. The van der Waals surface area contributed by atoms with E-state index in [9.17, 15) is 13.2 Å². The number of rotatable bonds is 5. The van der Waals surface area contributed by atoms with Gasteiger partial charge in [0.25, 0.3) is 0 Å². The fourth-order valence-electron chi connectivity index (χ4n) is 2.40. The van der Waals surface area contributed by atoms with Crippen LogP contribution in [0, 0.1) is 0 Å². The van der Waals surface area contributed by atoms with Crippen LogP contribution in [0.2, 0.25) is 0 Å². The molecule has 0 spiro atoms. The number of morpholine rings is 1. The predicted molar refractivity (Wildman–Crippen MR) is 84.8 cm³/mol. The number of nitrogens with zero attached hydrogens (tertiary/aromatic N) is 1. The van der Waals surface area contributed by atoms with Crippen LogP contribution >= 0.6 is 0 Å². The van der Waals surface area contributed by atoms with Crippen LogP contribution in [0.3, 0.4) is 0 Å². The van der Waals surface area contributed by atoms with Crippen molar-refractivity contribution in [3.63, 3.8) is 0 Å². The highest BCUT2D eigenvalue weighted by Crippen LogP contribution is 2.16. The Kier molecular flexibility index (Phi) is 5.61. The summed E-state index contributed by atoms with van der Waals surface area (Å²) in [6.45, 7) is 4.82. The van der Waals surface area contributed by atoms with Crippen LogP contribution in [-0.2, 0) is 19.6 Å². The van der Waals surface area contributed by atoms with Crippen LogP contribution in [0.15, 0.2) is 29.2 Å². The molecule has 1 fully saturated rings. The number of hydrogen-bond donors (Lipinski definition) is 1. The summed E-state index contributed by atoms with van der Waals surface area (Å²) < 4.78 is 37.5. The van der Waals surface area contributed by atoms with E-state index in [0.717, 1.165) is 0 Å². The number of hydrogen-bond acceptors (Lipinski definition) is 5. The first-order valence-electron chi connectivity index (χ1n) is 7.40. The van der Waals surface area contributed by atoms with E-state index in [0.29, 0.717) is 25.4 Å². The molecule has 7 nitrogen and oxygen atoms in total. The number of sulfonamides is 1. The van der Waals surface area contributed by atoms with Gasteiger partial charge in [-0.25, -0.2) is 8.42 Å². The van der Waals surface area contributed by atoms with Crippen LogP contribution in [-0.4, -0.2) is 58.2 Å². The first-order valence-corrected chi connectivity index (χ1v) is 8.88. The fraction of sp³-hybridized carbons (Fsp3) is 0.533. The molecule has 1 aromatic carbocycles. The average Bonchev–Trinajstić information content (AvgIpc) is 2.53. The Bertz CT molecular complexity index is 644. The Balaban J connectivity index is 2.04. The van der Waals surface area contributed by atoms with Crippen LogP contribution in [0.4, 0.5) is 0 Å². The standard InChI is InChI=1S/C15H22N2O5S/c1-11-10-17(8-9-22-11)15(18)12(2)16-23(19,20)14-6-4-13(21-3)5-7-14/h4-7,11-12,16H,8-10H2,1-3H3/t11-,12-/m1/s1. The maximum atomic E-state index is 12.4. The fourth-order valence-corrected chi connectivity index (χ4v) is 3.60. The molecule has 8 heteroatoms. The third-order valence-corrected chi connectivity index (χ3v) is 5.18. The number of carbonyl (C=O) groups is 1. The molecule has 1 aliphatic heterocycles. The van der Waals surface area contributed by atoms with E-state index in [-0.39, 0.29) is 16.9 Å². The molecule has 23 heavy (non-hydrogen) atoms. The zero-order valence-electron chi connectivity index (χ0n) is 13.5. The lowest BCUT2D eigenvalue weighted by molar-refractivity contribution is -0.139. The molecule has 0 aliphatic carbocycles. The molecule has 1 N–H and O–H groups in total. The Morgan fingerprint density at radius 3 is 2.61 bits per heavy atom. The Morgan fingerprint density at radius 2 is 2.04 bits per heavy atom. The number of methoxy groups -OCH3 is 1. The van der Waals surface area contributed by atoms with Gasteiger partial charge in [0.05, 0.1) is 30.8 Å². The summed E-state index contributed by atoms with van der Waals surface area (Å²) in [6.07, 6.45) is -0.0434. The van der Waals surface area contributed by atoms with Gasteiger partial charge in [0, 0.05) is 13.1 Å². The van der Waals surface area contributed by atoms with Crippen LogP contribution in [0.1, 0.15) is 13.8 Å². The van der Waals surface area contributed by atoms with Crippen molar-refractivity contribution in [2.75, 3.05) is 26.8 Å². The quantitative estimate of drug-likeness (QED) is 0.847. The smallest absolute Gasteiger partial charge is 0.241 e. The van der Waals surface area contributed by atoms with E-state index >= 15 is 0 Å². The number of nitrogens with one attached hydrogen (secondary N) is 1. The van der Waals surface area contributed by atoms with Gasteiger partial charge >= 0.3 is 0 Å². The minimum Gasteiger partial charge on any atom is -0.497 e. The minimum atomic E-state index is -3.77. The SMILES string of the molecule is COc1ccc(S(=O)(=O)N[C@H](C)C(=O)N2CCO[C@H](C)C2)cc1. The Labute approximate surface area is 136 Å². The molecule has 1 amide bonds. The van der Waals surface area contributed by atoms with Gasteiger partial charge in [0.2, 0.25) is 15.9 Å². The first kappa shape index (κ1) is 17.7. The number of ether oxygens (including phenoxy) is 2. The highest BCUT2D eigenvalue weighted by atomic mass is 32.2. The maximum Gasteiger partial charge on any atom is 0.241 e. The van der Waals surface area contributed by atoms with Crippen LogP contribution in [0.5, 0.6) is 5.75 Å². The van der Waals surface area contributed by atoms with E-state index in [1.165, 1.54) is 19.2 Å². The van der Waals surface area contributed by atoms with Crippen molar-refractivity contribution in [3.8, 4) is 5.75 Å². The van der Waals surface area contributed by atoms with E-state index in [4.69, 9.17) is 9.47 Å². The molecule has 2 atom stereocenters. The Morgan fingerprint density at radius 1 is 1.39 bits per heavy atom. The lowest BCUT2D eigenvalue weighted by Gasteiger charge is -2.33. The van der Waals surface area contributed by atoms with Crippen molar-refractivity contribution in [2.45, 2.75) is 30.9 Å². The van der Waals surface area contributed by atoms with Crippen molar-refractivity contribution in [1.29, 1.82) is 0 Å². The van der Waals surface area contributed by atoms with Gasteiger partial charge in [-0.1, -0.05) is 0 Å². The maximum absolute atomic E-state index is 12.4. The highest BCUT2D eigenvalue weighted by Gasteiger charge is 2.28. The Hall–Kier alpha value is -1.64. The van der Waals surface area contributed by atoms with Gasteiger partial charge in [-0.3, -0.25) is 4.79 Å². The number of carbonyl (C=O) groups excluding carboxylic acids is 1. The zero-order chi connectivity index (χ0) is 17.0. The summed E-state index contributed by atoms with van der Waals surface area (Å²) >= 11 is 0. The molecule has 0 saturated carbocycles. The van der Waals surface area contributed by atoms with Crippen LogP contribution in [0.25, 0.3) is 0 Å². The molecule has 0 aromatic heterocycles. The normalized spacial score (nSPS) is 20.1. The molecule has 128 valence electrons. The van der Waals surface area contributed by atoms with Crippen molar-refractivity contribution < 1.29 is 22.7 Å². The van der Waals surface area contributed by atoms with Crippen LogP contribution < -0.4 is 9.46 Å².